The van der Waals surface area contributed by atoms with E-state index in [1.807, 2.05) is 6.92 Å². The number of anilines is 1. The van der Waals surface area contributed by atoms with Crippen molar-refractivity contribution in [1.29, 1.82) is 0 Å². The van der Waals surface area contributed by atoms with E-state index in [4.69, 9.17) is 5.73 Å². The highest BCUT2D eigenvalue weighted by Gasteiger charge is 2.53. The number of carbonyl (C=O) groups is 1. The summed E-state index contributed by atoms with van der Waals surface area (Å²) in [5.74, 6) is 1.57. The Kier molecular flexibility index (Phi) is 2.29. The summed E-state index contributed by atoms with van der Waals surface area (Å²) in [7, 11) is 0. The number of aromatic nitrogens is 1. The second-order valence-electron chi connectivity index (χ2n) is 4.87. The number of nitrogens with one attached hydrogen (secondary N) is 2. The minimum atomic E-state index is -0.427. The number of primary amides is 1. The van der Waals surface area contributed by atoms with Crippen LogP contribution < -0.4 is 16.4 Å². The van der Waals surface area contributed by atoms with Crippen molar-refractivity contribution < 1.29 is 4.79 Å². The predicted octanol–water partition coefficient (Wildman–Crippen LogP) is 0.119. The van der Waals surface area contributed by atoms with Gasteiger partial charge in [0.2, 0.25) is 0 Å². The SMILES string of the molecule is Cc1ccc(C(N)=O)c(NC2C3CNCC32)n1. The quantitative estimate of drug-likeness (QED) is 0.691. The van der Waals surface area contributed by atoms with Crippen LogP contribution >= 0.6 is 0 Å². The first-order chi connectivity index (χ1) is 8.16. The van der Waals surface area contributed by atoms with Crippen LogP contribution in [0.15, 0.2) is 12.1 Å². The maximum atomic E-state index is 11.3. The lowest BCUT2D eigenvalue weighted by Crippen LogP contribution is -2.23. The third-order valence-electron chi connectivity index (χ3n) is 3.70. The fraction of sp³-hybridized carbons (Fsp3) is 0.500. The van der Waals surface area contributed by atoms with Gasteiger partial charge in [0.25, 0.3) is 5.91 Å². The van der Waals surface area contributed by atoms with Gasteiger partial charge in [0.1, 0.15) is 5.82 Å². The van der Waals surface area contributed by atoms with E-state index in [-0.39, 0.29) is 0 Å². The summed E-state index contributed by atoms with van der Waals surface area (Å²) < 4.78 is 0. The standard InChI is InChI=1S/C12H16N4O/c1-6-2-3-7(11(13)17)12(15-6)16-10-8-4-14-5-9(8)10/h2-3,8-10,14H,4-5H2,1H3,(H2,13,17)(H,15,16). The number of fused-ring (bicyclic) bond motifs is 1. The summed E-state index contributed by atoms with van der Waals surface area (Å²) in [6.45, 7) is 4.02. The van der Waals surface area contributed by atoms with Gasteiger partial charge in [-0.05, 0) is 30.9 Å². The van der Waals surface area contributed by atoms with Gasteiger partial charge in [-0.1, -0.05) is 0 Å². The summed E-state index contributed by atoms with van der Waals surface area (Å²) in [6.07, 6.45) is 0. The van der Waals surface area contributed by atoms with Crippen LogP contribution in [0.5, 0.6) is 0 Å². The van der Waals surface area contributed by atoms with Crippen LogP contribution in [0.1, 0.15) is 16.1 Å². The number of nitrogens with two attached hydrogens (primary N) is 1. The molecule has 1 aromatic heterocycles. The van der Waals surface area contributed by atoms with E-state index in [9.17, 15) is 4.79 Å². The second-order valence-corrected chi connectivity index (χ2v) is 4.87. The van der Waals surface area contributed by atoms with Crippen molar-refractivity contribution in [2.75, 3.05) is 18.4 Å². The number of hydrogen-bond acceptors (Lipinski definition) is 4. The van der Waals surface area contributed by atoms with E-state index in [0.29, 0.717) is 29.3 Å². The molecular weight excluding hydrogens is 216 g/mol. The van der Waals surface area contributed by atoms with Crippen LogP contribution in [-0.2, 0) is 0 Å². The highest BCUT2D eigenvalue weighted by Crippen LogP contribution is 2.43. The van der Waals surface area contributed by atoms with Gasteiger partial charge in [0, 0.05) is 24.8 Å². The van der Waals surface area contributed by atoms with Crippen molar-refractivity contribution in [1.82, 2.24) is 10.3 Å². The summed E-state index contributed by atoms with van der Waals surface area (Å²) in [5, 5.41) is 6.69. The molecular formula is C12H16N4O. The molecule has 1 amide bonds. The zero-order chi connectivity index (χ0) is 12.0. The van der Waals surface area contributed by atoms with E-state index in [0.717, 1.165) is 18.8 Å². The van der Waals surface area contributed by atoms with E-state index in [2.05, 4.69) is 15.6 Å². The highest BCUT2D eigenvalue weighted by molar-refractivity contribution is 5.97. The molecule has 3 rings (SSSR count). The molecule has 90 valence electrons. The van der Waals surface area contributed by atoms with Crippen LogP contribution in [0.3, 0.4) is 0 Å². The van der Waals surface area contributed by atoms with E-state index < -0.39 is 5.91 Å². The van der Waals surface area contributed by atoms with Gasteiger partial charge in [0.15, 0.2) is 0 Å². The van der Waals surface area contributed by atoms with Crippen molar-refractivity contribution in [3.8, 4) is 0 Å². The number of hydrogen-bond donors (Lipinski definition) is 3. The lowest BCUT2D eigenvalue weighted by molar-refractivity contribution is 0.100. The minimum Gasteiger partial charge on any atom is -0.366 e. The highest BCUT2D eigenvalue weighted by atomic mass is 16.1. The van der Waals surface area contributed by atoms with Crippen molar-refractivity contribution in [3.63, 3.8) is 0 Å². The minimum absolute atomic E-state index is 0.427. The molecule has 0 bridgehead atoms. The Morgan fingerprint density at radius 3 is 2.82 bits per heavy atom. The maximum absolute atomic E-state index is 11.3. The number of nitrogens with zero attached hydrogens (tertiary/aromatic N) is 1. The first-order valence-electron chi connectivity index (χ1n) is 5.91. The van der Waals surface area contributed by atoms with Gasteiger partial charge >= 0.3 is 0 Å². The number of piperidine rings is 1. The number of carbonyl (C=O) groups excluding carboxylic acids is 1. The van der Waals surface area contributed by atoms with E-state index in [1.165, 1.54) is 0 Å². The molecule has 4 N–H and O–H groups in total. The van der Waals surface area contributed by atoms with Gasteiger partial charge in [0.05, 0.1) is 5.56 Å². The third-order valence-corrected chi connectivity index (χ3v) is 3.70. The molecule has 0 aromatic carbocycles. The second kappa shape index (κ2) is 3.70. The van der Waals surface area contributed by atoms with Crippen LogP contribution in [0.2, 0.25) is 0 Å². The first kappa shape index (κ1) is 10.5. The molecule has 1 aliphatic heterocycles. The Morgan fingerprint density at radius 1 is 1.47 bits per heavy atom. The average molecular weight is 232 g/mol. The molecule has 1 aliphatic carbocycles. The van der Waals surface area contributed by atoms with Crippen LogP contribution in [0, 0.1) is 18.8 Å². The Bertz CT molecular complexity index is 464. The average Bonchev–Trinajstić information content (AvgIpc) is 2.74. The van der Waals surface area contributed by atoms with Gasteiger partial charge in [-0.15, -0.1) is 0 Å². The molecule has 1 saturated carbocycles. The molecule has 2 fully saturated rings. The van der Waals surface area contributed by atoms with Crippen molar-refractivity contribution >= 4 is 11.7 Å². The summed E-state index contributed by atoms with van der Waals surface area (Å²) in [6, 6.07) is 3.99. The molecule has 1 saturated heterocycles. The molecule has 5 heteroatoms. The number of aryl methyl sites for hydroxylation is 1. The zero-order valence-corrected chi connectivity index (χ0v) is 9.73. The lowest BCUT2D eigenvalue weighted by Gasteiger charge is -2.11. The molecule has 2 unspecified atom stereocenters. The summed E-state index contributed by atoms with van der Waals surface area (Å²) in [5.41, 5.74) is 6.72. The lowest BCUT2D eigenvalue weighted by atomic mass is 10.2. The van der Waals surface area contributed by atoms with Gasteiger partial charge in [-0.25, -0.2) is 4.98 Å². The van der Waals surface area contributed by atoms with Gasteiger partial charge in [-0.3, -0.25) is 4.79 Å². The predicted molar refractivity (Wildman–Crippen MR) is 64.8 cm³/mol. The van der Waals surface area contributed by atoms with E-state index >= 15 is 0 Å². The number of amides is 1. The monoisotopic (exact) mass is 232 g/mol. The molecule has 1 aromatic rings. The fourth-order valence-corrected chi connectivity index (χ4v) is 2.66. The third kappa shape index (κ3) is 1.76. The molecule has 2 atom stereocenters. The molecule has 0 radical (unpaired) electrons. The summed E-state index contributed by atoms with van der Waals surface area (Å²) in [4.78, 5) is 15.7. The Hall–Kier alpha value is -1.62. The smallest absolute Gasteiger partial charge is 0.252 e. The Morgan fingerprint density at radius 2 is 2.18 bits per heavy atom. The van der Waals surface area contributed by atoms with Gasteiger partial charge in [-0.2, -0.15) is 0 Å². The molecule has 5 nitrogen and oxygen atoms in total. The normalized spacial score (nSPS) is 29.8. The Balaban J connectivity index is 1.82. The summed E-state index contributed by atoms with van der Waals surface area (Å²) >= 11 is 0. The van der Waals surface area contributed by atoms with Crippen molar-refractivity contribution in [2.45, 2.75) is 13.0 Å². The van der Waals surface area contributed by atoms with Gasteiger partial charge < -0.3 is 16.4 Å². The molecule has 2 heterocycles. The van der Waals surface area contributed by atoms with E-state index in [1.54, 1.807) is 12.1 Å². The van der Waals surface area contributed by atoms with Crippen LogP contribution in [-0.4, -0.2) is 30.0 Å². The van der Waals surface area contributed by atoms with Crippen LogP contribution in [0.4, 0.5) is 5.82 Å². The van der Waals surface area contributed by atoms with Crippen LogP contribution in [0.25, 0.3) is 0 Å². The molecule has 2 aliphatic rings. The first-order valence-corrected chi connectivity index (χ1v) is 5.91. The molecule has 0 spiro atoms. The number of rotatable bonds is 3. The fourth-order valence-electron chi connectivity index (χ4n) is 2.66. The van der Waals surface area contributed by atoms with Crippen molar-refractivity contribution in [3.05, 3.63) is 23.4 Å². The Labute approximate surface area is 99.8 Å². The zero-order valence-electron chi connectivity index (χ0n) is 9.73. The maximum Gasteiger partial charge on any atom is 0.252 e. The largest absolute Gasteiger partial charge is 0.366 e. The topological polar surface area (TPSA) is 80.0 Å². The molecule has 17 heavy (non-hydrogen) atoms. The van der Waals surface area contributed by atoms with Crippen molar-refractivity contribution in [2.24, 2.45) is 17.6 Å². The number of pyridine rings is 1.